The number of halogens is 2. The molecular weight excluding hydrogens is 326 g/mol. The molecule has 4 aliphatic carbocycles. The second-order valence-corrected chi connectivity index (χ2v) is 7.33. The molecule has 7 nitrogen and oxygen atoms in total. The van der Waals surface area contributed by atoms with Gasteiger partial charge in [-0.1, -0.05) is 5.04 Å². The summed E-state index contributed by atoms with van der Waals surface area (Å²) in [6, 6.07) is 0. The molecule has 4 aliphatic rings. The highest BCUT2D eigenvalue weighted by atomic mass is 32.2. The van der Waals surface area contributed by atoms with E-state index in [2.05, 4.69) is 9.37 Å². The van der Waals surface area contributed by atoms with Crippen molar-refractivity contribution in [2.75, 3.05) is 0 Å². The average molecular weight is 342 g/mol. The molecule has 10 heteroatoms. The van der Waals surface area contributed by atoms with Crippen LogP contribution < -0.4 is 0 Å². The number of carbonyl (C=O) groups is 1. The molecule has 4 bridgehead atoms. The number of aliphatic hydroxyl groups excluding tert-OH is 1. The Hall–Kier alpha value is -0.520. The second-order valence-electron chi connectivity index (χ2n) is 6.51. The Balaban J connectivity index is 1.74. The van der Waals surface area contributed by atoms with E-state index in [4.69, 9.17) is 9.99 Å². The number of alkyl halides is 2. The first-order valence-corrected chi connectivity index (χ1v) is 7.61. The third-order valence-electron chi connectivity index (χ3n) is 4.91. The average Bonchev–Trinajstić information content (AvgIpc) is 2.41. The van der Waals surface area contributed by atoms with Crippen molar-refractivity contribution in [2.45, 2.75) is 54.7 Å². The van der Waals surface area contributed by atoms with Crippen LogP contribution in [0.15, 0.2) is 0 Å². The molecule has 126 valence electrons. The minimum atomic E-state index is -4.06. The molecule has 0 aromatic heterocycles. The van der Waals surface area contributed by atoms with Crippen molar-refractivity contribution in [1.82, 2.24) is 0 Å². The summed E-state index contributed by atoms with van der Waals surface area (Å²) in [7, 11) is 0. The maximum atomic E-state index is 13.5. The SMILES string of the molecule is O=C(OC12CC3CC(C1)C(O)C(O)(C3)C2)C(F)(F)SOOO. The molecule has 5 unspecified atom stereocenters. The van der Waals surface area contributed by atoms with Crippen molar-refractivity contribution >= 4 is 18.0 Å². The maximum absolute atomic E-state index is 13.5. The normalized spacial score (nSPS) is 43.4. The number of ether oxygens (including phenoxy) is 1. The molecule has 0 aromatic carbocycles. The summed E-state index contributed by atoms with van der Waals surface area (Å²) in [5.74, 6) is -2.06. The minimum Gasteiger partial charge on any atom is -0.454 e. The van der Waals surface area contributed by atoms with Gasteiger partial charge in [0.15, 0.2) is 0 Å². The molecule has 0 radical (unpaired) electrons. The van der Waals surface area contributed by atoms with Crippen LogP contribution in [-0.4, -0.2) is 44.0 Å². The van der Waals surface area contributed by atoms with Gasteiger partial charge in [-0.3, -0.25) is 0 Å². The predicted molar refractivity (Wildman–Crippen MR) is 67.2 cm³/mol. The van der Waals surface area contributed by atoms with Crippen LogP contribution in [0.5, 0.6) is 0 Å². The van der Waals surface area contributed by atoms with Gasteiger partial charge in [-0.15, -0.1) is 4.33 Å². The van der Waals surface area contributed by atoms with Crippen molar-refractivity contribution in [3.8, 4) is 0 Å². The molecule has 0 spiro atoms. The predicted octanol–water partition coefficient (Wildman–Crippen LogP) is 1.25. The zero-order valence-electron chi connectivity index (χ0n) is 11.4. The van der Waals surface area contributed by atoms with Crippen LogP contribution in [0, 0.1) is 11.8 Å². The van der Waals surface area contributed by atoms with Gasteiger partial charge in [0.25, 0.3) is 0 Å². The number of esters is 1. The summed E-state index contributed by atoms with van der Waals surface area (Å²) in [5, 5.41) is 27.5. The minimum absolute atomic E-state index is 0.0343. The van der Waals surface area contributed by atoms with E-state index in [0.29, 0.717) is 19.3 Å². The highest BCUT2D eigenvalue weighted by Crippen LogP contribution is 2.59. The van der Waals surface area contributed by atoms with Crippen molar-refractivity contribution in [3.05, 3.63) is 0 Å². The highest BCUT2D eigenvalue weighted by Gasteiger charge is 2.64. The quantitative estimate of drug-likeness (QED) is 0.297. The van der Waals surface area contributed by atoms with E-state index in [9.17, 15) is 23.8 Å². The van der Waals surface area contributed by atoms with E-state index in [-0.39, 0.29) is 24.7 Å². The summed E-state index contributed by atoms with van der Waals surface area (Å²) in [5.41, 5.74) is -2.58. The number of hydrogen-bond acceptors (Lipinski definition) is 8. The fourth-order valence-corrected chi connectivity index (χ4v) is 4.71. The zero-order valence-corrected chi connectivity index (χ0v) is 12.2. The Labute approximate surface area is 128 Å². The Morgan fingerprint density at radius 3 is 2.68 bits per heavy atom. The molecule has 0 amide bonds. The summed E-state index contributed by atoms with van der Waals surface area (Å²) in [6.45, 7) is 0. The molecule has 0 saturated heterocycles. The van der Waals surface area contributed by atoms with Gasteiger partial charge in [-0.05, 0) is 37.5 Å². The largest absolute Gasteiger partial charge is 0.454 e. The summed E-state index contributed by atoms with van der Waals surface area (Å²) in [6.07, 6.45) is 0.736. The molecular formula is C12H16F2O7S. The van der Waals surface area contributed by atoms with E-state index in [1.165, 1.54) is 0 Å². The summed E-state index contributed by atoms with van der Waals surface area (Å²) in [4.78, 5) is 11.7. The Kier molecular flexibility index (Phi) is 3.90. The van der Waals surface area contributed by atoms with Crippen LogP contribution in [0.4, 0.5) is 8.78 Å². The van der Waals surface area contributed by atoms with Gasteiger partial charge >= 0.3 is 11.2 Å². The van der Waals surface area contributed by atoms with E-state index in [0.717, 1.165) is 0 Å². The topological polar surface area (TPSA) is 105 Å². The first-order chi connectivity index (χ1) is 10.2. The molecule has 4 rings (SSSR count). The van der Waals surface area contributed by atoms with Gasteiger partial charge in [-0.25, -0.2) is 10.1 Å². The molecule has 4 fully saturated rings. The van der Waals surface area contributed by atoms with Gasteiger partial charge < -0.3 is 14.9 Å². The Morgan fingerprint density at radius 2 is 2.05 bits per heavy atom. The van der Waals surface area contributed by atoms with Crippen LogP contribution in [0.3, 0.4) is 0 Å². The Morgan fingerprint density at radius 1 is 1.32 bits per heavy atom. The molecule has 5 atom stereocenters. The van der Waals surface area contributed by atoms with Gasteiger partial charge in [-0.2, -0.15) is 8.78 Å². The molecule has 3 N–H and O–H groups in total. The van der Waals surface area contributed by atoms with Crippen molar-refractivity contribution in [1.29, 1.82) is 0 Å². The lowest BCUT2D eigenvalue weighted by Gasteiger charge is -2.61. The monoisotopic (exact) mass is 342 g/mol. The third-order valence-corrected chi connectivity index (χ3v) is 5.42. The maximum Gasteiger partial charge on any atom is 0.415 e. The standard InChI is InChI=1S/C12H16F2O7S/c13-12(14,22-21-20-18)9(16)19-10-2-6-1-7(4-10)8(15)11(17,3-6)5-10/h6-8,15,17-18H,1-5H2. The second kappa shape index (κ2) is 5.25. The first kappa shape index (κ1) is 16.3. The number of hydrogen-bond donors (Lipinski definition) is 3. The molecule has 4 saturated carbocycles. The number of rotatable bonds is 5. The van der Waals surface area contributed by atoms with E-state index >= 15 is 0 Å². The molecule has 22 heavy (non-hydrogen) atoms. The van der Waals surface area contributed by atoms with Gasteiger partial charge in [0.1, 0.15) is 17.6 Å². The number of aliphatic hydroxyl groups is 2. The third kappa shape index (κ3) is 2.61. The van der Waals surface area contributed by atoms with Crippen LogP contribution in [0.25, 0.3) is 0 Å². The first-order valence-electron chi connectivity index (χ1n) is 6.87. The van der Waals surface area contributed by atoms with Crippen LogP contribution >= 0.6 is 12.0 Å². The van der Waals surface area contributed by atoms with Gasteiger partial charge in [0.05, 0.1) is 11.7 Å². The van der Waals surface area contributed by atoms with E-state index in [1.807, 2.05) is 0 Å². The van der Waals surface area contributed by atoms with Crippen LogP contribution in [0.2, 0.25) is 0 Å². The summed E-state index contributed by atoms with van der Waals surface area (Å²) >= 11 is -0.677. The van der Waals surface area contributed by atoms with Crippen LogP contribution in [-0.2, 0) is 18.9 Å². The van der Waals surface area contributed by atoms with Crippen LogP contribution in [0.1, 0.15) is 32.1 Å². The Bertz CT molecular complexity index is 478. The number of carbonyl (C=O) groups excluding carboxylic acids is 1. The molecule has 0 heterocycles. The summed E-state index contributed by atoms with van der Waals surface area (Å²) < 4.78 is 35.7. The molecule has 0 aliphatic heterocycles. The van der Waals surface area contributed by atoms with Gasteiger partial charge in [0.2, 0.25) is 0 Å². The fourth-order valence-electron chi connectivity index (χ4n) is 4.48. The van der Waals surface area contributed by atoms with E-state index < -0.39 is 40.6 Å². The zero-order chi connectivity index (χ0) is 16.2. The van der Waals surface area contributed by atoms with Gasteiger partial charge in [0, 0.05) is 6.42 Å². The highest BCUT2D eigenvalue weighted by molar-refractivity contribution is 7.96. The smallest absolute Gasteiger partial charge is 0.415 e. The lowest BCUT2D eigenvalue weighted by atomic mass is 9.51. The molecule has 0 aromatic rings. The van der Waals surface area contributed by atoms with Crippen molar-refractivity contribution < 1.29 is 43.2 Å². The lowest BCUT2D eigenvalue weighted by molar-refractivity contribution is -0.433. The van der Waals surface area contributed by atoms with E-state index in [1.54, 1.807) is 0 Å². The van der Waals surface area contributed by atoms with Crippen molar-refractivity contribution in [2.24, 2.45) is 11.8 Å². The van der Waals surface area contributed by atoms with Crippen molar-refractivity contribution in [3.63, 3.8) is 0 Å². The fraction of sp³-hybridized carbons (Fsp3) is 0.917. The lowest BCUT2D eigenvalue weighted by Crippen LogP contribution is -2.67.